The van der Waals surface area contributed by atoms with Crippen molar-refractivity contribution in [2.24, 2.45) is 5.73 Å². The molecular formula is C17H19NO3. The quantitative estimate of drug-likeness (QED) is 0.942. The molecule has 0 saturated heterocycles. The average molecular weight is 285 g/mol. The van der Waals surface area contributed by atoms with Crippen LogP contribution in [0.25, 0.3) is 0 Å². The van der Waals surface area contributed by atoms with Gasteiger partial charge in [0.15, 0.2) is 11.5 Å². The van der Waals surface area contributed by atoms with Gasteiger partial charge in [0.25, 0.3) is 0 Å². The number of rotatable bonds is 3. The van der Waals surface area contributed by atoms with Crippen molar-refractivity contribution >= 4 is 0 Å². The minimum absolute atomic E-state index is 0.225. The summed E-state index contributed by atoms with van der Waals surface area (Å²) in [5.74, 6) is 2.36. The highest BCUT2D eigenvalue weighted by Crippen LogP contribution is 2.33. The summed E-state index contributed by atoms with van der Waals surface area (Å²) in [6, 6.07) is 13.4. The van der Waals surface area contributed by atoms with Crippen molar-refractivity contribution in [2.75, 3.05) is 20.3 Å². The lowest BCUT2D eigenvalue weighted by atomic mass is 9.99. The Labute approximate surface area is 124 Å². The van der Waals surface area contributed by atoms with Crippen LogP contribution in [-0.2, 0) is 0 Å². The lowest BCUT2D eigenvalue weighted by molar-refractivity contribution is 0.297. The number of methoxy groups -OCH3 is 1. The Kier molecular flexibility index (Phi) is 3.97. The second kappa shape index (κ2) is 6.06. The van der Waals surface area contributed by atoms with E-state index in [2.05, 4.69) is 0 Å². The van der Waals surface area contributed by atoms with Gasteiger partial charge in [-0.05, 0) is 35.4 Å². The predicted molar refractivity (Wildman–Crippen MR) is 81.1 cm³/mol. The molecule has 1 heterocycles. The predicted octanol–water partition coefficient (Wildman–Crippen LogP) is 2.90. The van der Waals surface area contributed by atoms with Gasteiger partial charge in [-0.15, -0.1) is 0 Å². The summed E-state index contributed by atoms with van der Waals surface area (Å²) in [7, 11) is 1.65. The molecule has 0 fully saturated rings. The summed E-state index contributed by atoms with van der Waals surface area (Å²) in [5.41, 5.74) is 8.36. The molecule has 2 aromatic carbocycles. The van der Waals surface area contributed by atoms with Gasteiger partial charge in [-0.1, -0.05) is 18.2 Å². The largest absolute Gasteiger partial charge is 0.497 e. The van der Waals surface area contributed by atoms with Gasteiger partial charge in [0.1, 0.15) is 5.75 Å². The molecule has 0 saturated carbocycles. The molecule has 0 amide bonds. The van der Waals surface area contributed by atoms with E-state index in [1.165, 1.54) is 0 Å². The molecule has 4 heteroatoms. The average Bonchev–Trinajstić information content (AvgIpc) is 2.78. The van der Waals surface area contributed by atoms with Gasteiger partial charge in [-0.3, -0.25) is 0 Å². The molecule has 2 N–H and O–H groups in total. The lowest BCUT2D eigenvalue weighted by Gasteiger charge is -2.16. The van der Waals surface area contributed by atoms with Crippen LogP contribution in [0.5, 0.6) is 17.2 Å². The molecule has 1 aliphatic rings. The zero-order valence-electron chi connectivity index (χ0n) is 12.0. The van der Waals surface area contributed by atoms with Crippen LogP contribution in [0.3, 0.4) is 0 Å². The number of hydrogen-bond acceptors (Lipinski definition) is 4. The highest BCUT2D eigenvalue weighted by molar-refractivity contribution is 5.46. The number of nitrogens with two attached hydrogens (primary N) is 1. The first-order valence-electron chi connectivity index (χ1n) is 7.07. The number of hydrogen-bond donors (Lipinski definition) is 1. The van der Waals surface area contributed by atoms with Crippen LogP contribution in [0, 0.1) is 0 Å². The first-order valence-corrected chi connectivity index (χ1v) is 7.07. The van der Waals surface area contributed by atoms with E-state index < -0.39 is 0 Å². The molecule has 1 aliphatic heterocycles. The molecule has 3 rings (SSSR count). The van der Waals surface area contributed by atoms with E-state index in [4.69, 9.17) is 19.9 Å². The van der Waals surface area contributed by atoms with Crippen LogP contribution in [0.1, 0.15) is 23.6 Å². The maximum atomic E-state index is 6.36. The number of ether oxygens (including phenoxy) is 3. The molecule has 0 radical (unpaired) electrons. The normalized spacial score (nSPS) is 15.1. The Hall–Kier alpha value is -2.20. The van der Waals surface area contributed by atoms with E-state index >= 15 is 0 Å². The van der Waals surface area contributed by atoms with Gasteiger partial charge in [-0.25, -0.2) is 0 Å². The minimum Gasteiger partial charge on any atom is -0.497 e. The summed E-state index contributed by atoms with van der Waals surface area (Å²) in [4.78, 5) is 0. The molecule has 4 nitrogen and oxygen atoms in total. The van der Waals surface area contributed by atoms with Gasteiger partial charge in [0.05, 0.1) is 26.4 Å². The Morgan fingerprint density at radius 3 is 2.57 bits per heavy atom. The molecule has 0 aliphatic carbocycles. The van der Waals surface area contributed by atoms with E-state index in [9.17, 15) is 0 Å². The Bertz CT molecular complexity index is 627. The number of benzene rings is 2. The van der Waals surface area contributed by atoms with E-state index in [1.807, 2.05) is 42.5 Å². The van der Waals surface area contributed by atoms with Crippen molar-refractivity contribution in [2.45, 2.75) is 12.5 Å². The summed E-state index contributed by atoms with van der Waals surface area (Å²) in [6.45, 7) is 1.36. The fraction of sp³-hybridized carbons (Fsp3) is 0.294. The lowest BCUT2D eigenvalue weighted by Crippen LogP contribution is -2.12. The van der Waals surface area contributed by atoms with Crippen LogP contribution in [0.4, 0.5) is 0 Å². The molecule has 0 bridgehead atoms. The summed E-state index contributed by atoms with van der Waals surface area (Å²) in [6.07, 6.45) is 0.895. The van der Waals surface area contributed by atoms with Gasteiger partial charge in [0, 0.05) is 6.42 Å². The Morgan fingerprint density at radius 1 is 1.00 bits per heavy atom. The standard InChI is InChI=1S/C17H19NO3/c1-19-14-5-2-4-12(10-14)17(18)13-6-7-15-16(11-13)21-9-3-8-20-15/h2,4-7,10-11,17H,3,8-9,18H2,1H3. The maximum absolute atomic E-state index is 6.36. The van der Waals surface area contributed by atoms with Crippen molar-refractivity contribution in [3.63, 3.8) is 0 Å². The molecule has 1 unspecified atom stereocenters. The second-order valence-electron chi connectivity index (χ2n) is 5.01. The Morgan fingerprint density at radius 2 is 1.76 bits per heavy atom. The van der Waals surface area contributed by atoms with Crippen LogP contribution in [-0.4, -0.2) is 20.3 Å². The summed E-state index contributed by atoms with van der Waals surface area (Å²) < 4.78 is 16.6. The van der Waals surface area contributed by atoms with Crippen molar-refractivity contribution in [3.05, 3.63) is 53.6 Å². The molecule has 0 spiro atoms. The summed E-state index contributed by atoms with van der Waals surface area (Å²) >= 11 is 0. The van der Waals surface area contributed by atoms with E-state index in [0.29, 0.717) is 13.2 Å². The Balaban J connectivity index is 1.90. The second-order valence-corrected chi connectivity index (χ2v) is 5.01. The monoisotopic (exact) mass is 285 g/mol. The van der Waals surface area contributed by atoms with Crippen LogP contribution < -0.4 is 19.9 Å². The smallest absolute Gasteiger partial charge is 0.161 e. The maximum Gasteiger partial charge on any atom is 0.161 e. The van der Waals surface area contributed by atoms with Crippen LogP contribution in [0.2, 0.25) is 0 Å². The SMILES string of the molecule is COc1cccc(C(N)c2ccc3c(c2)OCCCO3)c1. The van der Waals surface area contributed by atoms with Crippen molar-refractivity contribution in [3.8, 4) is 17.2 Å². The highest BCUT2D eigenvalue weighted by Gasteiger charge is 2.15. The van der Waals surface area contributed by atoms with Gasteiger partial charge < -0.3 is 19.9 Å². The van der Waals surface area contributed by atoms with Crippen LogP contribution >= 0.6 is 0 Å². The fourth-order valence-electron chi connectivity index (χ4n) is 2.40. The van der Waals surface area contributed by atoms with Crippen molar-refractivity contribution in [1.29, 1.82) is 0 Å². The van der Waals surface area contributed by atoms with Crippen molar-refractivity contribution in [1.82, 2.24) is 0 Å². The van der Waals surface area contributed by atoms with Gasteiger partial charge >= 0.3 is 0 Å². The van der Waals surface area contributed by atoms with E-state index in [0.717, 1.165) is 34.8 Å². The topological polar surface area (TPSA) is 53.7 Å². The molecule has 0 aromatic heterocycles. The van der Waals surface area contributed by atoms with E-state index in [1.54, 1.807) is 7.11 Å². The number of fused-ring (bicyclic) bond motifs is 1. The van der Waals surface area contributed by atoms with Crippen LogP contribution in [0.15, 0.2) is 42.5 Å². The zero-order valence-corrected chi connectivity index (χ0v) is 12.0. The van der Waals surface area contributed by atoms with Crippen molar-refractivity contribution < 1.29 is 14.2 Å². The highest BCUT2D eigenvalue weighted by atomic mass is 16.5. The van der Waals surface area contributed by atoms with Gasteiger partial charge in [-0.2, -0.15) is 0 Å². The summed E-state index contributed by atoms with van der Waals surface area (Å²) in [5, 5.41) is 0. The fourth-order valence-corrected chi connectivity index (χ4v) is 2.40. The molecule has 110 valence electrons. The van der Waals surface area contributed by atoms with E-state index in [-0.39, 0.29) is 6.04 Å². The first-order chi connectivity index (χ1) is 10.3. The third-order valence-corrected chi connectivity index (χ3v) is 3.58. The molecular weight excluding hydrogens is 266 g/mol. The molecule has 1 atom stereocenters. The molecule has 2 aromatic rings. The zero-order chi connectivity index (χ0) is 14.7. The minimum atomic E-state index is -0.225. The van der Waals surface area contributed by atoms with Gasteiger partial charge in [0.2, 0.25) is 0 Å². The third-order valence-electron chi connectivity index (χ3n) is 3.58. The molecule has 21 heavy (non-hydrogen) atoms. The first kappa shape index (κ1) is 13.8. The third kappa shape index (κ3) is 2.95.